The molecule has 10 heteroatoms. The molecule has 2 atom stereocenters. The van der Waals surface area contributed by atoms with Gasteiger partial charge < -0.3 is 24.6 Å². The minimum Gasteiger partial charge on any atom is -0.383 e. The first-order valence-corrected chi connectivity index (χ1v) is 14.6. The van der Waals surface area contributed by atoms with Crippen LogP contribution in [0.3, 0.4) is 0 Å². The molecule has 10 nitrogen and oxygen atoms in total. The van der Waals surface area contributed by atoms with E-state index in [0.29, 0.717) is 19.1 Å². The molecule has 0 aromatic carbocycles. The second-order valence-corrected chi connectivity index (χ2v) is 11.7. The number of ether oxygens (including phenoxy) is 2. The third kappa shape index (κ3) is 5.89. The zero-order chi connectivity index (χ0) is 28.3. The van der Waals surface area contributed by atoms with Gasteiger partial charge in [-0.25, -0.2) is 9.31 Å². The van der Waals surface area contributed by atoms with E-state index in [1.165, 1.54) is 0 Å². The fraction of sp³-hybridized carbons (Fsp3) is 0.633. The average molecular weight is 552 g/mol. The Bertz CT molecular complexity index is 1220. The van der Waals surface area contributed by atoms with Crippen molar-refractivity contribution in [2.45, 2.75) is 51.3 Å². The predicted octanol–water partition coefficient (Wildman–Crippen LogP) is 3.07. The number of carbonyl (C=O) groups is 1. The molecule has 2 aromatic heterocycles. The van der Waals surface area contributed by atoms with Crippen LogP contribution in [0.25, 0.3) is 5.52 Å². The molecule has 0 bridgehead atoms. The van der Waals surface area contributed by atoms with Crippen molar-refractivity contribution in [2.75, 3.05) is 71.5 Å². The fourth-order valence-electron chi connectivity index (χ4n) is 6.36. The number of hydrogen-bond donors (Lipinski definition) is 1. The number of piperazine rings is 1. The van der Waals surface area contributed by atoms with E-state index in [-0.39, 0.29) is 23.6 Å². The molecule has 0 aliphatic carbocycles. The van der Waals surface area contributed by atoms with E-state index in [9.17, 15) is 4.79 Å². The van der Waals surface area contributed by atoms with Crippen molar-refractivity contribution < 1.29 is 14.3 Å². The highest BCUT2D eigenvalue weighted by atomic mass is 16.5. The lowest BCUT2D eigenvalue weighted by Gasteiger charge is -2.46. The number of allylic oxidation sites excluding steroid dienone is 1. The number of aromatic nitrogens is 2. The van der Waals surface area contributed by atoms with E-state index in [1.54, 1.807) is 7.11 Å². The van der Waals surface area contributed by atoms with E-state index in [2.05, 4.69) is 57.6 Å². The maximum absolute atomic E-state index is 12.4. The Hall–Kier alpha value is -2.95. The van der Waals surface area contributed by atoms with Gasteiger partial charge in [-0.15, -0.1) is 0 Å². The fourth-order valence-corrected chi connectivity index (χ4v) is 6.36. The minimum absolute atomic E-state index is 0.0151. The van der Waals surface area contributed by atoms with Gasteiger partial charge in [-0.1, -0.05) is 6.08 Å². The Labute approximate surface area is 238 Å². The number of nitrogens with zero attached hydrogens (tertiary/aromatic N) is 6. The van der Waals surface area contributed by atoms with Crippen LogP contribution in [-0.2, 0) is 9.47 Å². The summed E-state index contributed by atoms with van der Waals surface area (Å²) < 4.78 is 13.5. The molecule has 2 amide bonds. The maximum Gasteiger partial charge on any atom is 0.317 e. The standard InChI is InChI=1S/C30H45N7O3/c1-22(2)33-29(38)36-16-14-35(15-17-36)27-8-11-32-37-20-24(18-28(27)37)26-7-6-25(19-31-26)30(40-5)9-12-34(13-10-30)23(3)21-39-4/h6-8,11,18,20,22-23,25H,9-10,12-17,19,21H2,1-5H3,(H,33,38)/t23-,25?/m0/s1. The first-order valence-electron chi connectivity index (χ1n) is 14.6. The third-order valence-corrected chi connectivity index (χ3v) is 8.80. The summed E-state index contributed by atoms with van der Waals surface area (Å²) in [4.78, 5) is 24.2. The number of urea groups is 1. The van der Waals surface area contributed by atoms with Gasteiger partial charge >= 0.3 is 6.03 Å². The molecule has 2 aromatic rings. The van der Waals surface area contributed by atoms with E-state index in [0.717, 1.165) is 74.7 Å². The van der Waals surface area contributed by atoms with Crippen molar-refractivity contribution in [3.63, 3.8) is 0 Å². The van der Waals surface area contributed by atoms with Gasteiger partial charge in [0, 0.05) is 96.0 Å². The molecule has 0 radical (unpaired) electrons. The van der Waals surface area contributed by atoms with Gasteiger partial charge in [-0.3, -0.25) is 9.89 Å². The molecule has 1 N–H and O–H groups in total. The van der Waals surface area contributed by atoms with Crippen LogP contribution >= 0.6 is 0 Å². The van der Waals surface area contributed by atoms with Gasteiger partial charge in [-0.05, 0) is 51.8 Å². The number of rotatable bonds is 8. The minimum atomic E-state index is -0.177. The van der Waals surface area contributed by atoms with Crippen molar-refractivity contribution in [3.05, 3.63) is 42.2 Å². The maximum atomic E-state index is 12.4. The van der Waals surface area contributed by atoms with Crippen molar-refractivity contribution >= 4 is 22.9 Å². The molecule has 3 aliphatic heterocycles. The number of carbonyl (C=O) groups excluding carboxylic acids is 1. The number of nitrogens with one attached hydrogen (secondary N) is 1. The number of dihydropyridines is 1. The molecular weight excluding hydrogens is 506 g/mol. The number of likely N-dealkylation sites (tertiary alicyclic amines) is 1. The van der Waals surface area contributed by atoms with Crippen LogP contribution in [0.5, 0.6) is 0 Å². The van der Waals surface area contributed by atoms with E-state index >= 15 is 0 Å². The summed E-state index contributed by atoms with van der Waals surface area (Å²) in [6.07, 6.45) is 10.4. The van der Waals surface area contributed by atoms with Crippen molar-refractivity contribution in [1.29, 1.82) is 0 Å². The molecule has 2 fully saturated rings. The topological polar surface area (TPSA) is 86.9 Å². The molecule has 0 spiro atoms. The van der Waals surface area contributed by atoms with Crippen LogP contribution in [-0.4, -0.2) is 115 Å². The Morgan fingerprint density at radius 1 is 1.12 bits per heavy atom. The smallest absolute Gasteiger partial charge is 0.317 e. The van der Waals surface area contributed by atoms with E-state index in [4.69, 9.17) is 14.5 Å². The lowest BCUT2D eigenvalue weighted by atomic mass is 9.77. The van der Waals surface area contributed by atoms with Gasteiger partial charge in [0.05, 0.1) is 29.1 Å². The predicted molar refractivity (Wildman–Crippen MR) is 159 cm³/mol. The quantitative estimate of drug-likeness (QED) is 0.543. The molecule has 40 heavy (non-hydrogen) atoms. The van der Waals surface area contributed by atoms with Gasteiger partial charge in [0.2, 0.25) is 0 Å². The summed E-state index contributed by atoms with van der Waals surface area (Å²) in [7, 11) is 3.62. The van der Waals surface area contributed by atoms with Crippen LogP contribution < -0.4 is 10.2 Å². The molecule has 218 valence electrons. The second-order valence-electron chi connectivity index (χ2n) is 11.7. The number of methoxy groups -OCH3 is 2. The summed E-state index contributed by atoms with van der Waals surface area (Å²) in [5.41, 5.74) is 4.07. The first-order chi connectivity index (χ1) is 19.3. The Morgan fingerprint density at radius 3 is 2.50 bits per heavy atom. The van der Waals surface area contributed by atoms with Crippen molar-refractivity contribution in [2.24, 2.45) is 10.9 Å². The lowest BCUT2D eigenvalue weighted by molar-refractivity contribution is -0.0910. The zero-order valence-corrected chi connectivity index (χ0v) is 24.7. The molecule has 2 saturated heterocycles. The molecule has 3 aliphatic rings. The number of hydrogen-bond acceptors (Lipinski definition) is 7. The molecule has 5 heterocycles. The summed E-state index contributed by atoms with van der Waals surface area (Å²) in [5, 5.41) is 7.58. The highest BCUT2D eigenvalue weighted by Gasteiger charge is 2.42. The number of amides is 2. The van der Waals surface area contributed by atoms with Crippen LogP contribution in [0.2, 0.25) is 0 Å². The Morgan fingerprint density at radius 2 is 1.88 bits per heavy atom. The molecule has 5 rings (SSSR count). The van der Waals surface area contributed by atoms with Crippen LogP contribution in [0.1, 0.15) is 39.2 Å². The Balaban J connectivity index is 1.25. The van der Waals surface area contributed by atoms with E-state index in [1.807, 2.05) is 36.6 Å². The summed E-state index contributed by atoms with van der Waals surface area (Å²) >= 11 is 0. The number of piperidine rings is 1. The van der Waals surface area contributed by atoms with Crippen LogP contribution in [0.4, 0.5) is 10.5 Å². The van der Waals surface area contributed by atoms with Gasteiger partial charge in [-0.2, -0.15) is 5.10 Å². The third-order valence-electron chi connectivity index (χ3n) is 8.80. The zero-order valence-electron chi connectivity index (χ0n) is 24.7. The van der Waals surface area contributed by atoms with Crippen LogP contribution in [0.15, 0.2) is 41.7 Å². The average Bonchev–Trinajstić information content (AvgIpc) is 3.42. The molecular formula is C30H45N7O3. The normalized spacial score (nSPS) is 22.6. The first kappa shape index (κ1) is 28.6. The molecule has 0 saturated carbocycles. The van der Waals surface area contributed by atoms with Gasteiger partial charge in [0.25, 0.3) is 0 Å². The van der Waals surface area contributed by atoms with Crippen LogP contribution in [0, 0.1) is 5.92 Å². The summed E-state index contributed by atoms with van der Waals surface area (Å²) in [6.45, 7) is 12.7. The number of anilines is 1. The second kappa shape index (κ2) is 12.3. The van der Waals surface area contributed by atoms with Crippen molar-refractivity contribution in [3.8, 4) is 0 Å². The summed E-state index contributed by atoms with van der Waals surface area (Å²) in [5.74, 6) is 0.260. The Kier molecular flexibility index (Phi) is 8.77. The van der Waals surface area contributed by atoms with E-state index < -0.39 is 0 Å². The monoisotopic (exact) mass is 551 g/mol. The largest absolute Gasteiger partial charge is 0.383 e. The van der Waals surface area contributed by atoms with Gasteiger partial charge in [0.15, 0.2) is 0 Å². The summed E-state index contributed by atoms with van der Waals surface area (Å²) in [6, 6.07) is 4.83. The molecule has 1 unspecified atom stereocenters. The SMILES string of the molecule is COC[C@H](C)N1CCC(OC)(C2C=CC(c3cc4c(N5CCN(C(=O)NC(C)C)CC5)ccnn4c3)=NC2)CC1. The lowest BCUT2D eigenvalue weighted by Crippen LogP contribution is -2.53. The highest BCUT2D eigenvalue weighted by molar-refractivity contribution is 6.10. The number of aliphatic imine (C=N–C) groups is 1. The van der Waals surface area contributed by atoms with Crippen molar-refractivity contribution in [1.82, 2.24) is 24.7 Å². The number of fused-ring (bicyclic) bond motifs is 1. The highest BCUT2D eigenvalue weighted by Crippen LogP contribution is 2.36. The van der Waals surface area contributed by atoms with Gasteiger partial charge in [0.1, 0.15) is 0 Å².